The lowest BCUT2D eigenvalue weighted by molar-refractivity contribution is 0.451. The van der Waals surface area contributed by atoms with Gasteiger partial charge in [0.25, 0.3) is 0 Å². The molecule has 0 aliphatic heterocycles. The van der Waals surface area contributed by atoms with Gasteiger partial charge in [0, 0.05) is 6.54 Å². The first-order valence-corrected chi connectivity index (χ1v) is 4.59. The predicted octanol–water partition coefficient (Wildman–Crippen LogP) is -0.222. The molecule has 0 saturated heterocycles. The third-order valence-electron chi connectivity index (χ3n) is 1.89. The fraction of sp³-hybridized carbons (Fsp3) is 0.750. The Morgan fingerprint density at radius 3 is 3.08 bits per heavy atom. The summed E-state index contributed by atoms with van der Waals surface area (Å²) in [5.74, 6) is 0. The molecule has 0 amide bonds. The third-order valence-corrected chi connectivity index (χ3v) is 1.89. The van der Waals surface area contributed by atoms with E-state index in [0.717, 1.165) is 26.1 Å². The Balaban J connectivity index is 2.15. The van der Waals surface area contributed by atoms with Gasteiger partial charge in [-0.2, -0.15) is 5.10 Å². The van der Waals surface area contributed by atoms with Gasteiger partial charge in [0.1, 0.15) is 12.7 Å². The summed E-state index contributed by atoms with van der Waals surface area (Å²) in [6.07, 6.45) is 4.30. The number of aromatic nitrogens is 3. The summed E-state index contributed by atoms with van der Waals surface area (Å²) < 4.78 is 1.84. The number of nitrogens with two attached hydrogens (primary N) is 1. The smallest absolute Gasteiger partial charge is 0.137 e. The van der Waals surface area contributed by atoms with Gasteiger partial charge in [-0.05, 0) is 26.4 Å². The maximum atomic E-state index is 5.37. The first kappa shape index (κ1) is 10.1. The van der Waals surface area contributed by atoms with E-state index in [0.29, 0.717) is 6.04 Å². The van der Waals surface area contributed by atoms with Crippen molar-refractivity contribution >= 4 is 0 Å². The maximum absolute atomic E-state index is 5.37. The summed E-state index contributed by atoms with van der Waals surface area (Å²) in [6, 6.07) is 0.347. The molecular weight excluding hydrogens is 166 g/mol. The van der Waals surface area contributed by atoms with Gasteiger partial charge in [-0.15, -0.1) is 0 Å². The van der Waals surface area contributed by atoms with Crippen LogP contribution in [0, 0.1) is 0 Å². The van der Waals surface area contributed by atoms with Crippen molar-refractivity contribution in [2.45, 2.75) is 19.4 Å². The van der Waals surface area contributed by atoms with E-state index in [9.17, 15) is 0 Å². The highest BCUT2D eigenvalue weighted by Crippen LogP contribution is 1.98. The van der Waals surface area contributed by atoms with Crippen LogP contribution in [0.25, 0.3) is 0 Å². The van der Waals surface area contributed by atoms with Gasteiger partial charge in [-0.25, -0.2) is 9.67 Å². The van der Waals surface area contributed by atoms with Crippen LogP contribution < -0.4 is 11.1 Å². The highest BCUT2D eigenvalue weighted by Gasteiger charge is 2.02. The Hall–Kier alpha value is -0.940. The van der Waals surface area contributed by atoms with Crippen molar-refractivity contribution in [2.75, 3.05) is 19.6 Å². The molecule has 3 N–H and O–H groups in total. The molecule has 0 spiro atoms. The molecule has 0 radical (unpaired) electrons. The highest BCUT2D eigenvalue weighted by atomic mass is 15.3. The van der Waals surface area contributed by atoms with E-state index in [2.05, 4.69) is 22.3 Å². The highest BCUT2D eigenvalue weighted by molar-refractivity contribution is 4.66. The molecule has 13 heavy (non-hydrogen) atoms. The van der Waals surface area contributed by atoms with Crippen LogP contribution in [-0.2, 0) is 0 Å². The number of rotatable bonds is 6. The summed E-state index contributed by atoms with van der Waals surface area (Å²) in [5, 5.41) is 7.36. The Morgan fingerprint density at radius 1 is 1.62 bits per heavy atom. The first-order chi connectivity index (χ1) is 6.34. The molecule has 1 rings (SSSR count). The van der Waals surface area contributed by atoms with E-state index < -0.39 is 0 Å². The maximum Gasteiger partial charge on any atom is 0.137 e. The van der Waals surface area contributed by atoms with Gasteiger partial charge in [0.2, 0.25) is 0 Å². The molecule has 0 fully saturated rings. The van der Waals surface area contributed by atoms with Crippen molar-refractivity contribution in [3.05, 3.63) is 12.7 Å². The molecular formula is C8H17N5. The molecule has 0 saturated carbocycles. The average molecular weight is 183 g/mol. The molecule has 0 aliphatic rings. The van der Waals surface area contributed by atoms with Crippen molar-refractivity contribution in [1.29, 1.82) is 0 Å². The monoisotopic (exact) mass is 183 g/mol. The topological polar surface area (TPSA) is 68.8 Å². The van der Waals surface area contributed by atoms with Crippen molar-refractivity contribution in [3.8, 4) is 0 Å². The molecule has 1 unspecified atom stereocenters. The zero-order valence-electron chi connectivity index (χ0n) is 7.98. The van der Waals surface area contributed by atoms with Gasteiger partial charge in [-0.3, -0.25) is 0 Å². The average Bonchev–Trinajstić information content (AvgIpc) is 2.65. The van der Waals surface area contributed by atoms with E-state index in [-0.39, 0.29) is 0 Å². The molecule has 0 aliphatic carbocycles. The van der Waals surface area contributed by atoms with E-state index in [1.165, 1.54) is 0 Å². The second kappa shape index (κ2) is 5.66. The van der Waals surface area contributed by atoms with Crippen LogP contribution in [0.3, 0.4) is 0 Å². The van der Waals surface area contributed by atoms with Gasteiger partial charge in [-0.1, -0.05) is 0 Å². The number of nitrogens with one attached hydrogen (secondary N) is 1. The summed E-state index contributed by atoms with van der Waals surface area (Å²) in [7, 11) is 0. The van der Waals surface area contributed by atoms with Crippen molar-refractivity contribution in [1.82, 2.24) is 20.1 Å². The molecule has 5 nitrogen and oxygen atoms in total. The van der Waals surface area contributed by atoms with Gasteiger partial charge in [0.05, 0.1) is 6.04 Å². The largest absolute Gasteiger partial charge is 0.330 e. The van der Waals surface area contributed by atoms with Crippen molar-refractivity contribution in [3.63, 3.8) is 0 Å². The minimum absolute atomic E-state index is 0.347. The minimum Gasteiger partial charge on any atom is -0.330 e. The van der Waals surface area contributed by atoms with Crippen LogP contribution >= 0.6 is 0 Å². The number of hydrogen-bond donors (Lipinski definition) is 2. The zero-order chi connectivity index (χ0) is 9.52. The molecule has 0 aromatic carbocycles. The van der Waals surface area contributed by atoms with Crippen LogP contribution in [-0.4, -0.2) is 34.4 Å². The standard InChI is InChI=1S/C8H17N5/c1-8(5-10-4-2-3-9)13-7-11-6-12-13/h6-8,10H,2-5,9H2,1H3. The second-order valence-corrected chi connectivity index (χ2v) is 3.07. The van der Waals surface area contributed by atoms with Gasteiger partial charge < -0.3 is 11.1 Å². The van der Waals surface area contributed by atoms with Gasteiger partial charge >= 0.3 is 0 Å². The molecule has 1 atom stereocenters. The first-order valence-electron chi connectivity index (χ1n) is 4.59. The third kappa shape index (κ3) is 3.52. The lowest BCUT2D eigenvalue weighted by Gasteiger charge is -2.11. The normalized spacial score (nSPS) is 13.1. The molecule has 1 heterocycles. The molecule has 1 aromatic rings. The summed E-state index contributed by atoms with van der Waals surface area (Å²) >= 11 is 0. The zero-order valence-corrected chi connectivity index (χ0v) is 7.98. The van der Waals surface area contributed by atoms with Gasteiger partial charge in [0.15, 0.2) is 0 Å². The molecule has 5 heteroatoms. The lowest BCUT2D eigenvalue weighted by Crippen LogP contribution is -2.25. The number of hydrogen-bond acceptors (Lipinski definition) is 4. The summed E-state index contributed by atoms with van der Waals surface area (Å²) in [6.45, 7) is 4.72. The summed E-state index contributed by atoms with van der Waals surface area (Å²) in [4.78, 5) is 3.89. The minimum atomic E-state index is 0.347. The number of nitrogens with zero attached hydrogens (tertiary/aromatic N) is 3. The molecule has 1 aromatic heterocycles. The van der Waals surface area contributed by atoms with E-state index in [1.807, 2.05) is 4.68 Å². The Morgan fingerprint density at radius 2 is 2.46 bits per heavy atom. The fourth-order valence-electron chi connectivity index (χ4n) is 1.08. The Kier molecular flexibility index (Phi) is 4.42. The van der Waals surface area contributed by atoms with E-state index in [4.69, 9.17) is 5.73 Å². The predicted molar refractivity (Wildman–Crippen MR) is 51.3 cm³/mol. The molecule has 74 valence electrons. The second-order valence-electron chi connectivity index (χ2n) is 3.07. The van der Waals surface area contributed by atoms with E-state index >= 15 is 0 Å². The SMILES string of the molecule is CC(CNCCCN)n1cncn1. The molecule has 0 bridgehead atoms. The van der Waals surface area contributed by atoms with Crippen LogP contribution in [0.2, 0.25) is 0 Å². The Labute approximate surface area is 78.3 Å². The lowest BCUT2D eigenvalue weighted by atomic mass is 10.3. The quantitative estimate of drug-likeness (QED) is 0.598. The van der Waals surface area contributed by atoms with Crippen LogP contribution in [0.4, 0.5) is 0 Å². The van der Waals surface area contributed by atoms with Crippen LogP contribution in [0.1, 0.15) is 19.4 Å². The Bertz CT molecular complexity index is 208. The van der Waals surface area contributed by atoms with Crippen molar-refractivity contribution < 1.29 is 0 Å². The van der Waals surface area contributed by atoms with E-state index in [1.54, 1.807) is 12.7 Å². The van der Waals surface area contributed by atoms with Crippen LogP contribution in [0.15, 0.2) is 12.7 Å². The summed E-state index contributed by atoms with van der Waals surface area (Å²) in [5.41, 5.74) is 5.37. The van der Waals surface area contributed by atoms with Crippen LogP contribution in [0.5, 0.6) is 0 Å². The fourth-order valence-corrected chi connectivity index (χ4v) is 1.08. The van der Waals surface area contributed by atoms with Crippen molar-refractivity contribution in [2.24, 2.45) is 5.73 Å².